The molecule has 0 atom stereocenters. The second-order valence-corrected chi connectivity index (χ2v) is 11.1. The highest BCUT2D eigenvalue weighted by Gasteiger charge is 2.39. The van der Waals surface area contributed by atoms with Crippen LogP contribution in [0.25, 0.3) is 22.7 Å². The zero-order valence-corrected chi connectivity index (χ0v) is 22.1. The number of ether oxygens (including phenoxy) is 1. The maximum absolute atomic E-state index is 15.3. The minimum absolute atomic E-state index is 0.0964. The quantitative estimate of drug-likeness (QED) is 0.392. The Labute approximate surface area is 217 Å². The summed E-state index contributed by atoms with van der Waals surface area (Å²) in [7, 11) is 0. The number of aryl methyl sites for hydroxylation is 1. The summed E-state index contributed by atoms with van der Waals surface area (Å²) in [5.74, 6) is -1.43. The zero-order chi connectivity index (χ0) is 27.6. The summed E-state index contributed by atoms with van der Waals surface area (Å²) in [6.45, 7) is 12.1. The van der Waals surface area contributed by atoms with Crippen LogP contribution in [0.5, 0.6) is 0 Å². The Bertz CT molecular complexity index is 1640. The van der Waals surface area contributed by atoms with E-state index < -0.39 is 34.6 Å². The number of hydrogen-bond acceptors (Lipinski definition) is 7. The first-order valence-electron chi connectivity index (χ1n) is 12.2. The van der Waals surface area contributed by atoms with Gasteiger partial charge < -0.3 is 14.0 Å². The van der Waals surface area contributed by atoms with Gasteiger partial charge in [-0.25, -0.2) is 32.7 Å². The molecule has 5 heterocycles. The Balaban J connectivity index is 1.47. The highest BCUT2D eigenvalue weighted by atomic mass is 19.1. The van der Waals surface area contributed by atoms with Crippen LogP contribution in [0.4, 0.5) is 19.3 Å². The molecule has 0 spiro atoms. The number of halogens is 2. The van der Waals surface area contributed by atoms with Gasteiger partial charge in [0.25, 0.3) is 0 Å². The van der Waals surface area contributed by atoms with Crippen LogP contribution >= 0.6 is 0 Å². The van der Waals surface area contributed by atoms with Gasteiger partial charge in [-0.2, -0.15) is 4.98 Å². The molecule has 0 unspecified atom stereocenters. The Morgan fingerprint density at radius 3 is 2.39 bits per heavy atom. The molecule has 0 aliphatic carbocycles. The van der Waals surface area contributed by atoms with Crippen molar-refractivity contribution in [3.63, 3.8) is 0 Å². The van der Waals surface area contributed by atoms with Crippen LogP contribution in [0.15, 0.2) is 35.5 Å². The van der Waals surface area contributed by atoms with E-state index in [9.17, 15) is 14.0 Å². The Kier molecular flexibility index (Phi) is 5.88. The van der Waals surface area contributed by atoms with Crippen LogP contribution < -0.4 is 10.6 Å². The molecule has 0 bridgehead atoms. The van der Waals surface area contributed by atoms with E-state index in [1.54, 1.807) is 24.2 Å². The van der Waals surface area contributed by atoms with Gasteiger partial charge in [0, 0.05) is 49.9 Å². The molecule has 10 nitrogen and oxygen atoms in total. The zero-order valence-electron chi connectivity index (χ0n) is 22.1. The summed E-state index contributed by atoms with van der Waals surface area (Å²) < 4.78 is 38.0. The Hall–Kier alpha value is -4.09. The SMILES string of the molecule is Cc1cn2cc(-c3nc(=O)n4cc(N5CCN(C(=O)OC(C)(C)C)C(C)(C)C5)cc(F)c4n3)cc(F)c2n1. The first kappa shape index (κ1) is 25.6. The molecule has 4 aromatic rings. The maximum atomic E-state index is 15.3. The largest absolute Gasteiger partial charge is 0.444 e. The number of amides is 1. The van der Waals surface area contributed by atoms with E-state index in [0.29, 0.717) is 31.0 Å². The van der Waals surface area contributed by atoms with E-state index in [0.717, 1.165) is 4.40 Å². The van der Waals surface area contributed by atoms with Crippen LogP contribution in [0, 0.1) is 18.6 Å². The van der Waals surface area contributed by atoms with Gasteiger partial charge in [0.1, 0.15) is 5.60 Å². The van der Waals surface area contributed by atoms with Crippen molar-refractivity contribution in [3.8, 4) is 11.4 Å². The van der Waals surface area contributed by atoms with Gasteiger partial charge in [0.05, 0.1) is 16.9 Å². The number of piperazine rings is 1. The molecule has 4 aromatic heterocycles. The first-order chi connectivity index (χ1) is 17.7. The van der Waals surface area contributed by atoms with Crippen molar-refractivity contribution < 1.29 is 18.3 Å². The minimum atomic E-state index is -0.750. The molecule has 1 amide bonds. The summed E-state index contributed by atoms with van der Waals surface area (Å²) in [5, 5.41) is 0. The number of rotatable bonds is 2. The predicted octanol–water partition coefficient (Wildman–Crippen LogP) is 3.83. The number of pyridine rings is 2. The van der Waals surface area contributed by atoms with E-state index in [1.807, 2.05) is 39.5 Å². The third kappa shape index (κ3) is 4.66. The average Bonchev–Trinajstić information content (AvgIpc) is 3.18. The van der Waals surface area contributed by atoms with Crippen LogP contribution in [0.3, 0.4) is 0 Å². The van der Waals surface area contributed by atoms with E-state index in [2.05, 4.69) is 15.0 Å². The van der Waals surface area contributed by atoms with Gasteiger partial charge >= 0.3 is 11.8 Å². The fourth-order valence-corrected chi connectivity index (χ4v) is 4.70. The minimum Gasteiger partial charge on any atom is -0.444 e. The van der Waals surface area contributed by atoms with Crippen molar-refractivity contribution in [1.29, 1.82) is 0 Å². The second-order valence-electron chi connectivity index (χ2n) is 11.1. The Morgan fingerprint density at radius 1 is 1.00 bits per heavy atom. The van der Waals surface area contributed by atoms with Crippen molar-refractivity contribution in [2.24, 2.45) is 0 Å². The number of carbonyl (C=O) groups excluding carboxylic acids is 1. The number of aromatic nitrogens is 5. The molecule has 1 fully saturated rings. The first-order valence-corrected chi connectivity index (χ1v) is 12.2. The molecule has 1 aliphatic rings. The summed E-state index contributed by atoms with van der Waals surface area (Å²) in [6, 6.07) is 2.47. The topological polar surface area (TPSA) is 97.3 Å². The molecule has 1 saturated heterocycles. The van der Waals surface area contributed by atoms with Crippen molar-refractivity contribution >= 4 is 23.1 Å². The van der Waals surface area contributed by atoms with E-state index in [4.69, 9.17) is 4.74 Å². The molecule has 0 aromatic carbocycles. The summed E-state index contributed by atoms with van der Waals surface area (Å²) in [6.07, 6.45) is 4.24. The lowest BCUT2D eigenvalue weighted by atomic mass is 9.99. The maximum Gasteiger partial charge on any atom is 0.410 e. The van der Waals surface area contributed by atoms with Crippen LogP contribution in [0.1, 0.15) is 40.3 Å². The third-order valence-corrected chi connectivity index (χ3v) is 6.36. The van der Waals surface area contributed by atoms with E-state index in [-0.39, 0.29) is 22.7 Å². The van der Waals surface area contributed by atoms with Crippen LogP contribution in [-0.4, -0.2) is 65.5 Å². The van der Waals surface area contributed by atoms with Crippen LogP contribution in [-0.2, 0) is 4.74 Å². The number of imidazole rings is 1. The molecule has 1 aliphatic heterocycles. The molecule has 0 saturated carbocycles. The fourth-order valence-electron chi connectivity index (χ4n) is 4.70. The molecule has 38 heavy (non-hydrogen) atoms. The number of hydrogen-bond donors (Lipinski definition) is 0. The number of fused-ring (bicyclic) bond motifs is 2. The van der Waals surface area contributed by atoms with Crippen LogP contribution in [0.2, 0.25) is 0 Å². The summed E-state index contributed by atoms with van der Waals surface area (Å²) >= 11 is 0. The molecule has 12 heteroatoms. The van der Waals surface area contributed by atoms with Crippen molar-refractivity contribution in [2.45, 2.75) is 52.7 Å². The molecule has 0 N–H and O–H groups in total. The lowest BCUT2D eigenvalue weighted by Crippen LogP contribution is -2.61. The standard InChI is InChI=1S/C26H29F2N7O3/c1-15-11-33-12-16(9-18(27)21(33)29-15)20-30-22-19(28)10-17(13-34(22)23(36)31-20)32-7-8-35(26(5,6)14-32)24(37)38-25(2,3)4/h9-13H,7-8,14H2,1-6H3. The molecular weight excluding hydrogens is 496 g/mol. The smallest absolute Gasteiger partial charge is 0.410 e. The lowest BCUT2D eigenvalue weighted by molar-refractivity contribution is 0.000363. The number of carbonyl (C=O) groups is 1. The van der Waals surface area contributed by atoms with Gasteiger partial charge in [0.2, 0.25) is 0 Å². The summed E-state index contributed by atoms with van der Waals surface area (Å²) in [5.41, 5.74) is -0.796. The normalized spacial score (nSPS) is 15.9. The monoisotopic (exact) mass is 525 g/mol. The molecular formula is C26H29F2N7O3. The number of anilines is 1. The molecule has 5 rings (SSSR count). The van der Waals surface area contributed by atoms with Gasteiger partial charge in [-0.1, -0.05) is 0 Å². The molecule has 0 radical (unpaired) electrons. The van der Waals surface area contributed by atoms with Crippen molar-refractivity contribution in [1.82, 2.24) is 28.7 Å². The number of nitrogens with zero attached hydrogens (tertiary/aromatic N) is 7. The highest BCUT2D eigenvalue weighted by Crippen LogP contribution is 2.28. The second kappa shape index (κ2) is 8.74. The average molecular weight is 526 g/mol. The fraction of sp³-hybridized carbons (Fsp3) is 0.423. The van der Waals surface area contributed by atoms with Crippen molar-refractivity contribution in [2.75, 3.05) is 24.5 Å². The van der Waals surface area contributed by atoms with Gasteiger partial charge in [-0.3, -0.25) is 4.90 Å². The lowest BCUT2D eigenvalue weighted by Gasteiger charge is -2.47. The van der Waals surface area contributed by atoms with Gasteiger partial charge in [-0.05, 0) is 47.6 Å². The summed E-state index contributed by atoms with van der Waals surface area (Å²) in [4.78, 5) is 41.6. The molecule has 200 valence electrons. The van der Waals surface area contributed by atoms with E-state index >= 15 is 4.39 Å². The van der Waals surface area contributed by atoms with Crippen molar-refractivity contribution in [3.05, 3.63) is 58.5 Å². The van der Waals surface area contributed by atoms with E-state index in [1.165, 1.54) is 22.7 Å². The van der Waals surface area contributed by atoms with Gasteiger partial charge in [-0.15, -0.1) is 0 Å². The Morgan fingerprint density at radius 2 is 1.71 bits per heavy atom. The third-order valence-electron chi connectivity index (χ3n) is 6.36. The highest BCUT2D eigenvalue weighted by molar-refractivity contribution is 5.70. The van der Waals surface area contributed by atoms with Gasteiger partial charge in [0.15, 0.2) is 28.8 Å². The predicted molar refractivity (Wildman–Crippen MR) is 137 cm³/mol.